The highest BCUT2D eigenvalue weighted by molar-refractivity contribution is 5.80. The zero-order valence-electron chi connectivity index (χ0n) is 26.2. The van der Waals surface area contributed by atoms with Crippen LogP contribution in [0.1, 0.15) is 155 Å². The molecular weight excluding hydrogens is 498 g/mol. The molecule has 0 radical (unpaired) electrons. The number of rotatable bonds is 29. The van der Waals surface area contributed by atoms with Crippen molar-refractivity contribution in [2.45, 2.75) is 173 Å². The fourth-order valence-electron chi connectivity index (χ4n) is 4.87. The Morgan fingerprint density at radius 3 is 1.52 bits per heavy atom. The van der Waals surface area contributed by atoms with Crippen molar-refractivity contribution >= 4 is 5.91 Å². The van der Waals surface area contributed by atoms with Crippen molar-refractivity contribution in [1.82, 2.24) is 5.32 Å². The first kappa shape index (κ1) is 38.6. The van der Waals surface area contributed by atoms with E-state index in [-0.39, 0.29) is 6.61 Å². The van der Waals surface area contributed by atoms with E-state index in [1.54, 1.807) is 6.08 Å². The maximum atomic E-state index is 12.3. The highest BCUT2D eigenvalue weighted by Crippen LogP contribution is 2.15. The van der Waals surface area contributed by atoms with Gasteiger partial charge in [0.2, 0.25) is 5.91 Å². The van der Waals surface area contributed by atoms with Crippen LogP contribution in [0, 0.1) is 0 Å². The number of unbranched alkanes of at least 4 members (excludes halogenated alkanes) is 18. The Morgan fingerprint density at radius 2 is 1.07 bits per heavy atom. The molecule has 3 atom stereocenters. The van der Waals surface area contributed by atoms with Crippen molar-refractivity contribution < 1.29 is 20.1 Å². The number of aliphatic hydroxyl groups excluding tert-OH is 3. The smallest absolute Gasteiger partial charge is 0.249 e. The van der Waals surface area contributed by atoms with Crippen LogP contribution in [-0.2, 0) is 4.79 Å². The molecule has 0 aliphatic heterocycles. The molecule has 0 heterocycles. The number of nitrogens with one attached hydrogen (secondary N) is 1. The van der Waals surface area contributed by atoms with Crippen LogP contribution >= 0.6 is 0 Å². The molecule has 0 bridgehead atoms. The maximum absolute atomic E-state index is 12.3. The second-order valence-corrected chi connectivity index (χ2v) is 11.4. The normalized spacial score (nSPS) is 14.4. The Kier molecular flexibility index (Phi) is 29.4. The van der Waals surface area contributed by atoms with E-state index in [0.717, 1.165) is 44.9 Å². The van der Waals surface area contributed by atoms with Crippen LogP contribution in [0.25, 0.3) is 0 Å². The molecular formula is C35H65NO4. The molecule has 0 spiro atoms. The average molecular weight is 564 g/mol. The molecule has 0 aliphatic carbocycles. The largest absolute Gasteiger partial charge is 0.394 e. The summed E-state index contributed by atoms with van der Waals surface area (Å²) in [5, 5.41) is 32.7. The fourth-order valence-corrected chi connectivity index (χ4v) is 4.87. The predicted molar refractivity (Wildman–Crippen MR) is 171 cm³/mol. The van der Waals surface area contributed by atoms with Gasteiger partial charge in [0, 0.05) is 0 Å². The van der Waals surface area contributed by atoms with Crippen molar-refractivity contribution in [1.29, 1.82) is 0 Å². The van der Waals surface area contributed by atoms with E-state index in [9.17, 15) is 20.1 Å². The minimum Gasteiger partial charge on any atom is -0.394 e. The summed E-state index contributed by atoms with van der Waals surface area (Å²) >= 11 is 0. The molecule has 0 aliphatic rings. The third kappa shape index (κ3) is 25.5. The van der Waals surface area contributed by atoms with Crippen LogP contribution in [0.4, 0.5) is 0 Å². The lowest BCUT2D eigenvalue weighted by molar-refractivity contribution is -0.131. The number of amides is 1. The van der Waals surface area contributed by atoms with E-state index in [4.69, 9.17) is 0 Å². The van der Waals surface area contributed by atoms with Gasteiger partial charge in [0.05, 0.1) is 18.8 Å². The molecule has 5 nitrogen and oxygen atoms in total. The van der Waals surface area contributed by atoms with Gasteiger partial charge in [-0.25, -0.2) is 0 Å². The summed E-state index contributed by atoms with van der Waals surface area (Å²) in [6.45, 7) is 3.91. The van der Waals surface area contributed by atoms with Crippen LogP contribution in [0.3, 0.4) is 0 Å². The van der Waals surface area contributed by atoms with Gasteiger partial charge in [0.15, 0.2) is 0 Å². The minimum atomic E-state index is -1.10. The number of hydrogen-bond donors (Lipinski definition) is 4. The van der Waals surface area contributed by atoms with Gasteiger partial charge in [-0.05, 0) is 39.0 Å². The minimum absolute atomic E-state index is 0.381. The molecule has 0 fully saturated rings. The van der Waals surface area contributed by atoms with Gasteiger partial charge in [-0.2, -0.15) is 0 Å². The molecule has 0 saturated carbocycles. The Morgan fingerprint density at radius 1 is 0.650 bits per heavy atom. The molecule has 0 aromatic heterocycles. The van der Waals surface area contributed by atoms with E-state index < -0.39 is 24.2 Å². The zero-order valence-corrected chi connectivity index (χ0v) is 26.2. The second kappa shape index (κ2) is 30.5. The van der Waals surface area contributed by atoms with Crippen molar-refractivity contribution in [3.63, 3.8) is 0 Å². The Bertz CT molecular complexity index is 631. The fraction of sp³-hybridized carbons (Fsp3) is 0.800. The molecule has 5 heteroatoms. The monoisotopic (exact) mass is 563 g/mol. The first-order valence-electron chi connectivity index (χ1n) is 16.8. The Labute approximate surface area is 247 Å². The van der Waals surface area contributed by atoms with Gasteiger partial charge in [-0.3, -0.25) is 4.79 Å². The zero-order chi connectivity index (χ0) is 29.5. The van der Waals surface area contributed by atoms with Gasteiger partial charge in [-0.1, -0.05) is 153 Å². The SMILES string of the molecule is C/C=C/CC/C=C/CC/C=C/C(O)C(CO)NC(=O)C(O)CCCCCCCCCCCCCCCCCCC. The van der Waals surface area contributed by atoms with Crippen molar-refractivity contribution in [2.24, 2.45) is 0 Å². The Balaban J connectivity index is 3.74. The van der Waals surface area contributed by atoms with Crippen molar-refractivity contribution in [3.05, 3.63) is 36.5 Å². The van der Waals surface area contributed by atoms with Gasteiger partial charge in [0.25, 0.3) is 0 Å². The molecule has 40 heavy (non-hydrogen) atoms. The number of hydrogen-bond acceptors (Lipinski definition) is 4. The first-order chi connectivity index (χ1) is 19.6. The third-order valence-electron chi connectivity index (χ3n) is 7.56. The molecule has 1 amide bonds. The average Bonchev–Trinajstić information content (AvgIpc) is 2.96. The lowest BCUT2D eigenvalue weighted by atomic mass is 10.0. The summed E-state index contributed by atoms with van der Waals surface area (Å²) in [6, 6.07) is -0.815. The van der Waals surface area contributed by atoms with Crippen molar-refractivity contribution in [3.8, 4) is 0 Å². The number of allylic oxidation sites excluding steroid dienone is 5. The quantitative estimate of drug-likeness (QED) is 0.0543. The highest BCUT2D eigenvalue weighted by Gasteiger charge is 2.22. The van der Waals surface area contributed by atoms with E-state index in [1.807, 2.05) is 13.0 Å². The Hall–Kier alpha value is -1.43. The van der Waals surface area contributed by atoms with Crippen LogP contribution in [-0.4, -0.2) is 46.1 Å². The van der Waals surface area contributed by atoms with Crippen LogP contribution in [0.2, 0.25) is 0 Å². The summed E-state index contributed by atoms with van der Waals surface area (Å²) < 4.78 is 0. The van der Waals surface area contributed by atoms with E-state index in [2.05, 4.69) is 36.5 Å². The predicted octanol–water partition coefficient (Wildman–Crippen LogP) is 8.48. The van der Waals surface area contributed by atoms with E-state index >= 15 is 0 Å². The maximum Gasteiger partial charge on any atom is 0.249 e. The van der Waals surface area contributed by atoms with Gasteiger partial charge >= 0.3 is 0 Å². The topological polar surface area (TPSA) is 89.8 Å². The summed E-state index contributed by atoms with van der Waals surface area (Å²) in [6.07, 6.45) is 36.1. The molecule has 0 rings (SSSR count). The summed E-state index contributed by atoms with van der Waals surface area (Å²) in [7, 11) is 0. The lowest BCUT2D eigenvalue weighted by Crippen LogP contribution is -2.48. The van der Waals surface area contributed by atoms with Crippen LogP contribution in [0.15, 0.2) is 36.5 Å². The van der Waals surface area contributed by atoms with Crippen molar-refractivity contribution in [2.75, 3.05) is 6.61 Å². The number of carbonyl (C=O) groups is 1. The standard InChI is InChI=1S/C35H65NO4/c1-3-5-7-9-11-13-14-15-16-17-18-19-20-22-24-26-28-30-34(39)35(40)36-32(31-37)33(38)29-27-25-23-21-12-10-8-6-4-2/h4,6,12,21,27,29,32-34,37-39H,3,5,7-11,13-20,22-26,28,30-31H2,1-2H3,(H,36,40)/b6-4+,21-12+,29-27+. The summed E-state index contributed by atoms with van der Waals surface area (Å²) in [5.74, 6) is -0.521. The van der Waals surface area contributed by atoms with Crippen LogP contribution < -0.4 is 5.32 Å². The van der Waals surface area contributed by atoms with Gasteiger partial charge < -0.3 is 20.6 Å². The summed E-state index contributed by atoms with van der Waals surface area (Å²) in [5.41, 5.74) is 0. The molecule has 0 saturated heterocycles. The number of aliphatic hydroxyl groups is 3. The van der Waals surface area contributed by atoms with Crippen LogP contribution in [0.5, 0.6) is 0 Å². The van der Waals surface area contributed by atoms with E-state index in [1.165, 1.54) is 89.9 Å². The summed E-state index contributed by atoms with van der Waals surface area (Å²) in [4.78, 5) is 12.3. The van der Waals surface area contributed by atoms with E-state index in [0.29, 0.717) is 6.42 Å². The number of carbonyl (C=O) groups excluding carboxylic acids is 1. The van der Waals surface area contributed by atoms with Gasteiger partial charge in [0.1, 0.15) is 6.10 Å². The molecule has 0 aromatic carbocycles. The molecule has 234 valence electrons. The van der Waals surface area contributed by atoms with Gasteiger partial charge in [-0.15, -0.1) is 0 Å². The molecule has 0 aromatic rings. The second-order valence-electron chi connectivity index (χ2n) is 11.4. The highest BCUT2D eigenvalue weighted by atomic mass is 16.3. The first-order valence-corrected chi connectivity index (χ1v) is 16.8. The molecule has 4 N–H and O–H groups in total. The lowest BCUT2D eigenvalue weighted by Gasteiger charge is -2.21. The third-order valence-corrected chi connectivity index (χ3v) is 7.56. The molecule has 3 unspecified atom stereocenters.